The predicted octanol–water partition coefficient (Wildman–Crippen LogP) is 0.774. The number of carbonyl (C=O) groups is 1. The third-order valence-electron chi connectivity index (χ3n) is 3.07. The summed E-state index contributed by atoms with van der Waals surface area (Å²) in [6.07, 6.45) is 1.78. The average Bonchev–Trinajstić information content (AvgIpc) is 3.19. The van der Waals surface area contributed by atoms with Crippen molar-refractivity contribution in [2.75, 3.05) is 18.9 Å². The van der Waals surface area contributed by atoms with Crippen molar-refractivity contribution in [2.45, 2.75) is 18.9 Å². The van der Waals surface area contributed by atoms with Crippen molar-refractivity contribution in [2.24, 2.45) is 0 Å². The summed E-state index contributed by atoms with van der Waals surface area (Å²) in [6, 6.07) is 3.91. The predicted molar refractivity (Wildman–Crippen MR) is 68.7 cm³/mol. The van der Waals surface area contributed by atoms with Gasteiger partial charge in [-0.25, -0.2) is 0 Å². The number of nitrogen functional groups attached to an aromatic ring is 1. The molecule has 1 amide bonds. The van der Waals surface area contributed by atoms with Gasteiger partial charge in [-0.3, -0.25) is 14.9 Å². The summed E-state index contributed by atoms with van der Waals surface area (Å²) in [5.41, 5.74) is 5.87. The van der Waals surface area contributed by atoms with Gasteiger partial charge in [0.2, 0.25) is 0 Å². The van der Waals surface area contributed by atoms with E-state index in [9.17, 15) is 14.9 Å². The van der Waals surface area contributed by atoms with Crippen molar-refractivity contribution < 1.29 is 14.8 Å². The summed E-state index contributed by atoms with van der Waals surface area (Å²) >= 11 is 0. The van der Waals surface area contributed by atoms with Gasteiger partial charge in [-0.2, -0.15) is 0 Å². The van der Waals surface area contributed by atoms with Gasteiger partial charge in [0.15, 0.2) is 0 Å². The zero-order valence-electron chi connectivity index (χ0n) is 10.3. The molecule has 1 aromatic carbocycles. The van der Waals surface area contributed by atoms with Crippen molar-refractivity contribution in [3.63, 3.8) is 0 Å². The van der Waals surface area contributed by atoms with Gasteiger partial charge in [0.1, 0.15) is 0 Å². The average molecular weight is 265 g/mol. The van der Waals surface area contributed by atoms with Crippen molar-refractivity contribution in [1.82, 2.24) is 4.90 Å². The Bertz CT molecular complexity index is 514. The molecule has 0 aliphatic heterocycles. The molecular formula is C12H15N3O4. The van der Waals surface area contributed by atoms with Crippen LogP contribution < -0.4 is 5.73 Å². The summed E-state index contributed by atoms with van der Waals surface area (Å²) in [7, 11) is 0. The smallest absolute Gasteiger partial charge is 0.270 e. The third-order valence-corrected chi connectivity index (χ3v) is 3.07. The minimum atomic E-state index is -0.566. The number of anilines is 1. The second-order valence-corrected chi connectivity index (χ2v) is 4.48. The van der Waals surface area contributed by atoms with E-state index in [1.165, 1.54) is 23.1 Å². The van der Waals surface area contributed by atoms with Crippen molar-refractivity contribution in [3.8, 4) is 0 Å². The minimum Gasteiger partial charge on any atom is -0.398 e. The Morgan fingerprint density at radius 3 is 2.74 bits per heavy atom. The lowest BCUT2D eigenvalue weighted by atomic mass is 10.1. The van der Waals surface area contributed by atoms with E-state index in [0.29, 0.717) is 0 Å². The number of hydrogen-bond acceptors (Lipinski definition) is 5. The van der Waals surface area contributed by atoms with Crippen LogP contribution in [0.3, 0.4) is 0 Å². The number of benzene rings is 1. The summed E-state index contributed by atoms with van der Waals surface area (Å²) in [4.78, 5) is 24.0. The topological polar surface area (TPSA) is 110 Å². The molecule has 0 aromatic heterocycles. The van der Waals surface area contributed by atoms with Crippen molar-refractivity contribution in [3.05, 3.63) is 33.9 Å². The van der Waals surface area contributed by atoms with Crippen LogP contribution in [0.4, 0.5) is 11.4 Å². The molecule has 7 heteroatoms. The largest absolute Gasteiger partial charge is 0.398 e. The highest BCUT2D eigenvalue weighted by molar-refractivity contribution is 6.00. The number of hydrogen-bond donors (Lipinski definition) is 2. The first-order chi connectivity index (χ1) is 9.04. The number of carbonyl (C=O) groups excluding carboxylic acids is 1. The number of nitrogens with two attached hydrogens (primary N) is 1. The van der Waals surface area contributed by atoms with Crippen LogP contribution in [0.2, 0.25) is 0 Å². The SMILES string of the molecule is Nc1ccc([N+](=O)[O-])cc1C(=O)N(CCO)C1CC1. The van der Waals surface area contributed by atoms with E-state index < -0.39 is 4.92 Å². The maximum absolute atomic E-state index is 12.3. The Kier molecular flexibility index (Phi) is 3.66. The maximum Gasteiger partial charge on any atom is 0.270 e. The number of rotatable bonds is 5. The summed E-state index contributed by atoms with van der Waals surface area (Å²) in [5, 5.41) is 19.7. The molecular weight excluding hydrogens is 250 g/mol. The van der Waals surface area contributed by atoms with Gasteiger partial charge in [-0.15, -0.1) is 0 Å². The van der Waals surface area contributed by atoms with Crippen LogP contribution in [0.5, 0.6) is 0 Å². The van der Waals surface area contributed by atoms with Crippen LogP contribution in [0.1, 0.15) is 23.2 Å². The highest BCUT2D eigenvalue weighted by Gasteiger charge is 2.33. The standard InChI is InChI=1S/C12H15N3O4/c13-11-4-3-9(15(18)19)7-10(11)12(17)14(5-6-16)8-1-2-8/h3-4,7-8,16H,1-2,5-6,13H2. The number of nitro groups is 1. The first-order valence-electron chi connectivity index (χ1n) is 6.00. The summed E-state index contributed by atoms with van der Waals surface area (Å²) < 4.78 is 0. The van der Waals surface area contributed by atoms with E-state index >= 15 is 0 Å². The molecule has 2 rings (SSSR count). The van der Waals surface area contributed by atoms with Crippen molar-refractivity contribution >= 4 is 17.3 Å². The van der Waals surface area contributed by atoms with Crippen LogP contribution in [0, 0.1) is 10.1 Å². The van der Waals surface area contributed by atoms with Gasteiger partial charge in [0.25, 0.3) is 11.6 Å². The lowest BCUT2D eigenvalue weighted by Crippen LogP contribution is -2.35. The van der Waals surface area contributed by atoms with Gasteiger partial charge in [-0.05, 0) is 18.9 Å². The molecule has 1 aliphatic carbocycles. The number of amides is 1. The number of nitro benzene ring substituents is 1. The molecule has 0 atom stereocenters. The zero-order chi connectivity index (χ0) is 14.0. The molecule has 0 saturated heterocycles. The monoisotopic (exact) mass is 265 g/mol. The van der Waals surface area contributed by atoms with Gasteiger partial charge in [-0.1, -0.05) is 0 Å². The molecule has 0 heterocycles. The normalized spacial score (nSPS) is 14.2. The Labute approximate surface area is 109 Å². The maximum atomic E-state index is 12.3. The summed E-state index contributed by atoms with van der Waals surface area (Å²) in [6.45, 7) is 0.0721. The molecule has 1 fully saturated rings. The fourth-order valence-electron chi connectivity index (χ4n) is 1.94. The zero-order valence-corrected chi connectivity index (χ0v) is 10.3. The van der Waals surface area contributed by atoms with Crippen molar-refractivity contribution in [1.29, 1.82) is 0 Å². The molecule has 0 radical (unpaired) electrons. The number of non-ortho nitro benzene ring substituents is 1. The third kappa shape index (κ3) is 2.82. The van der Waals surface area contributed by atoms with Crippen LogP contribution in [0.25, 0.3) is 0 Å². The lowest BCUT2D eigenvalue weighted by molar-refractivity contribution is -0.384. The molecule has 19 heavy (non-hydrogen) atoms. The van der Waals surface area contributed by atoms with Crippen LogP contribution in [-0.4, -0.2) is 40.0 Å². The number of nitrogens with zero attached hydrogens (tertiary/aromatic N) is 2. The van der Waals surface area contributed by atoms with E-state index in [1.54, 1.807) is 0 Å². The molecule has 1 aliphatic rings. The number of aliphatic hydroxyl groups excluding tert-OH is 1. The first kappa shape index (κ1) is 13.3. The Hall–Kier alpha value is -2.15. The number of aliphatic hydroxyl groups is 1. The van der Waals surface area contributed by atoms with Crippen LogP contribution in [0.15, 0.2) is 18.2 Å². The van der Waals surface area contributed by atoms with E-state index in [-0.39, 0.29) is 42.0 Å². The molecule has 102 valence electrons. The first-order valence-corrected chi connectivity index (χ1v) is 6.00. The molecule has 1 aromatic rings. The molecule has 0 unspecified atom stereocenters. The highest BCUT2D eigenvalue weighted by Crippen LogP contribution is 2.30. The lowest BCUT2D eigenvalue weighted by Gasteiger charge is -2.21. The van der Waals surface area contributed by atoms with Gasteiger partial charge >= 0.3 is 0 Å². The van der Waals surface area contributed by atoms with Gasteiger partial charge < -0.3 is 15.7 Å². The molecule has 0 spiro atoms. The van der Waals surface area contributed by atoms with E-state index in [0.717, 1.165) is 12.8 Å². The Balaban J connectivity index is 2.30. The molecule has 1 saturated carbocycles. The quantitative estimate of drug-likeness (QED) is 0.464. The molecule has 7 nitrogen and oxygen atoms in total. The van der Waals surface area contributed by atoms with Crippen LogP contribution in [-0.2, 0) is 0 Å². The van der Waals surface area contributed by atoms with Crippen LogP contribution >= 0.6 is 0 Å². The van der Waals surface area contributed by atoms with E-state index in [4.69, 9.17) is 10.8 Å². The second kappa shape index (κ2) is 5.23. The fourth-order valence-corrected chi connectivity index (χ4v) is 1.94. The molecule has 0 bridgehead atoms. The Morgan fingerprint density at radius 1 is 1.53 bits per heavy atom. The molecule has 3 N–H and O–H groups in total. The fraction of sp³-hybridized carbons (Fsp3) is 0.417. The Morgan fingerprint density at radius 2 is 2.21 bits per heavy atom. The minimum absolute atomic E-state index is 0.110. The highest BCUT2D eigenvalue weighted by atomic mass is 16.6. The van der Waals surface area contributed by atoms with E-state index in [2.05, 4.69) is 0 Å². The van der Waals surface area contributed by atoms with Gasteiger partial charge in [0, 0.05) is 30.4 Å². The summed E-state index contributed by atoms with van der Waals surface area (Å²) in [5.74, 6) is -0.363. The van der Waals surface area contributed by atoms with Gasteiger partial charge in [0.05, 0.1) is 17.1 Å². The van der Waals surface area contributed by atoms with E-state index in [1.807, 2.05) is 0 Å². The second-order valence-electron chi connectivity index (χ2n) is 4.48.